The summed E-state index contributed by atoms with van der Waals surface area (Å²) in [5.74, 6) is -0.826. The van der Waals surface area contributed by atoms with Crippen LogP contribution in [0.15, 0.2) is 48.5 Å². The van der Waals surface area contributed by atoms with Gasteiger partial charge in [0.1, 0.15) is 5.75 Å². The molecule has 172 valence electrons. The number of carbonyl (C=O) groups is 2. The molecule has 1 N–H and O–H groups in total. The molecule has 1 unspecified atom stereocenters. The number of hydrogen-bond acceptors (Lipinski definition) is 3. The van der Waals surface area contributed by atoms with Gasteiger partial charge in [0.2, 0.25) is 5.91 Å². The first-order valence-corrected chi connectivity index (χ1v) is 10.4. The molecule has 1 heterocycles. The lowest BCUT2D eigenvalue weighted by Crippen LogP contribution is -2.40. The van der Waals surface area contributed by atoms with Gasteiger partial charge < -0.3 is 14.7 Å². The number of aliphatic carboxylic acids is 1. The summed E-state index contributed by atoms with van der Waals surface area (Å²) in [5.41, 5.74) is -0.878. The standard InChI is InChI=1S/C24H26F3NO4/c1-23(2,22(30)31)32-20-10-4-7-17(14-20)18-8-5-11-28(15-18)21(29)13-16-6-3-9-19(12-16)24(25,26)27/h3-4,6-7,9-10,12,14,18H,5,8,11,13,15H2,1-2H3,(H,30,31). The van der Waals surface area contributed by atoms with Crippen LogP contribution in [0.5, 0.6) is 5.75 Å². The lowest BCUT2D eigenvalue weighted by atomic mass is 9.90. The Morgan fingerprint density at radius 3 is 2.53 bits per heavy atom. The molecule has 1 atom stereocenters. The fourth-order valence-corrected chi connectivity index (χ4v) is 3.79. The fourth-order valence-electron chi connectivity index (χ4n) is 3.79. The monoisotopic (exact) mass is 449 g/mol. The highest BCUT2D eigenvalue weighted by Gasteiger charge is 2.32. The van der Waals surface area contributed by atoms with Gasteiger partial charge in [0, 0.05) is 19.0 Å². The molecule has 1 aliphatic rings. The number of benzene rings is 2. The van der Waals surface area contributed by atoms with E-state index in [1.54, 1.807) is 23.1 Å². The topological polar surface area (TPSA) is 66.8 Å². The first-order valence-electron chi connectivity index (χ1n) is 10.4. The van der Waals surface area contributed by atoms with Crippen LogP contribution in [-0.2, 0) is 22.2 Å². The van der Waals surface area contributed by atoms with E-state index in [-0.39, 0.29) is 18.2 Å². The first kappa shape index (κ1) is 23.6. The van der Waals surface area contributed by atoms with Crippen LogP contribution in [0, 0.1) is 0 Å². The molecule has 0 bridgehead atoms. The molecule has 0 radical (unpaired) electrons. The van der Waals surface area contributed by atoms with E-state index >= 15 is 0 Å². The number of likely N-dealkylation sites (tertiary alicyclic amines) is 1. The molecular weight excluding hydrogens is 423 g/mol. The van der Waals surface area contributed by atoms with Crippen molar-refractivity contribution in [1.82, 2.24) is 4.90 Å². The molecule has 5 nitrogen and oxygen atoms in total. The second kappa shape index (κ2) is 9.22. The Balaban J connectivity index is 1.69. The average molecular weight is 449 g/mol. The number of amides is 1. The van der Waals surface area contributed by atoms with Crippen LogP contribution in [0.2, 0.25) is 0 Å². The van der Waals surface area contributed by atoms with Crippen molar-refractivity contribution in [3.63, 3.8) is 0 Å². The first-order chi connectivity index (χ1) is 15.0. The Hall–Kier alpha value is -3.03. The van der Waals surface area contributed by atoms with E-state index in [0.717, 1.165) is 30.5 Å². The van der Waals surface area contributed by atoms with Gasteiger partial charge in [-0.1, -0.05) is 30.3 Å². The van der Waals surface area contributed by atoms with Gasteiger partial charge in [-0.25, -0.2) is 4.79 Å². The van der Waals surface area contributed by atoms with Gasteiger partial charge in [-0.2, -0.15) is 13.2 Å². The number of halogens is 3. The summed E-state index contributed by atoms with van der Waals surface area (Å²) in [5, 5.41) is 9.27. The summed E-state index contributed by atoms with van der Waals surface area (Å²) in [7, 11) is 0. The van der Waals surface area contributed by atoms with Gasteiger partial charge >= 0.3 is 12.1 Å². The van der Waals surface area contributed by atoms with E-state index in [4.69, 9.17) is 4.74 Å². The Morgan fingerprint density at radius 2 is 1.84 bits per heavy atom. The van der Waals surface area contributed by atoms with Crippen LogP contribution in [0.4, 0.5) is 13.2 Å². The van der Waals surface area contributed by atoms with Crippen molar-refractivity contribution in [3.05, 3.63) is 65.2 Å². The average Bonchev–Trinajstić information content (AvgIpc) is 2.73. The molecule has 3 rings (SSSR count). The van der Waals surface area contributed by atoms with E-state index in [9.17, 15) is 27.9 Å². The zero-order valence-corrected chi connectivity index (χ0v) is 18.0. The molecule has 1 fully saturated rings. The maximum atomic E-state index is 12.9. The molecule has 8 heteroatoms. The minimum absolute atomic E-state index is 0.0331. The van der Waals surface area contributed by atoms with Crippen LogP contribution < -0.4 is 4.74 Å². The van der Waals surface area contributed by atoms with Crippen molar-refractivity contribution >= 4 is 11.9 Å². The zero-order chi connectivity index (χ0) is 23.5. The van der Waals surface area contributed by atoms with E-state index < -0.39 is 23.3 Å². The second-order valence-electron chi connectivity index (χ2n) is 8.54. The number of carboxylic acids is 1. The number of alkyl halides is 3. The maximum Gasteiger partial charge on any atom is 0.416 e. The van der Waals surface area contributed by atoms with Gasteiger partial charge in [0.15, 0.2) is 5.60 Å². The number of nitrogens with zero attached hydrogens (tertiary/aromatic N) is 1. The summed E-state index contributed by atoms with van der Waals surface area (Å²) in [6, 6.07) is 12.0. The van der Waals surface area contributed by atoms with Crippen molar-refractivity contribution in [2.45, 2.75) is 50.8 Å². The lowest BCUT2D eigenvalue weighted by Gasteiger charge is -2.33. The molecule has 0 aromatic heterocycles. The third kappa shape index (κ3) is 5.81. The zero-order valence-electron chi connectivity index (χ0n) is 18.0. The quantitative estimate of drug-likeness (QED) is 0.682. The van der Waals surface area contributed by atoms with Gasteiger partial charge in [-0.15, -0.1) is 0 Å². The fraction of sp³-hybridized carbons (Fsp3) is 0.417. The summed E-state index contributed by atoms with van der Waals surface area (Å²) >= 11 is 0. The van der Waals surface area contributed by atoms with Crippen molar-refractivity contribution in [2.24, 2.45) is 0 Å². The van der Waals surface area contributed by atoms with E-state index in [2.05, 4.69) is 0 Å². The molecule has 1 amide bonds. The number of ether oxygens (including phenoxy) is 1. The molecule has 32 heavy (non-hydrogen) atoms. The van der Waals surface area contributed by atoms with Crippen LogP contribution in [0.25, 0.3) is 0 Å². The smallest absolute Gasteiger partial charge is 0.416 e. The van der Waals surface area contributed by atoms with Gasteiger partial charge in [0.25, 0.3) is 0 Å². The molecule has 2 aromatic rings. The van der Waals surface area contributed by atoms with Gasteiger partial charge in [-0.3, -0.25) is 4.79 Å². The van der Waals surface area contributed by atoms with Crippen molar-refractivity contribution < 1.29 is 32.6 Å². The molecule has 0 saturated carbocycles. The van der Waals surface area contributed by atoms with E-state index in [1.165, 1.54) is 26.0 Å². The number of rotatable bonds is 6. The molecular formula is C24H26F3NO4. The Kier molecular flexibility index (Phi) is 6.81. The Labute approximate surface area is 184 Å². The van der Waals surface area contributed by atoms with Crippen LogP contribution in [0.1, 0.15) is 49.3 Å². The van der Waals surface area contributed by atoms with E-state index in [1.807, 2.05) is 6.07 Å². The Bertz CT molecular complexity index is 987. The van der Waals surface area contributed by atoms with Gasteiger partial charge in [-0.05, 0) is 56.0 Å². The molecule has 1 saturated heterocycles. The SMILES string of the molecule is CC(C)(Oc1cccc(C2CCCN(C(=O)Cc3cccc(C(F)(F)F)c3)C2)c1)C(=O)O. The van der Waals surface area contributed by atoms with Crippen LogP contribution in [0.3, 0.4) is 0 Å². The third-order valence-corrected chi connectivity index (χ3v) is 5.60. The predicted molar refractivity (Wildman–Crippen MR) is 112 cm³/mol. The number of piperidine rings is 1. The summed E-state index contributed by atoms with van der Waals surface area (Å²) in [4.78, 5) is 25.8. The molecule has 1 aliphatic heterocycles. The highest BCUT2D eigenvalue weighted by Crippen LogP contribution is 2.32. The number of hydrogen-bond donors (Lipinski definition) is 1. The Morgan fingerprint density at radius 1 is 1.12 bits per heavy atom. The molecule has 0 aliphatic carbocycles. The predicted octanol–water partition coefficient (Wildman–Crippen LogP) is 4.90. The van der Waals surface area contributed by atoms with Crippen molar-refractivity contribution in [2.75, 3.05) is 13.1 Å². The van der Waals surface area contributed by atoms with Crippen LogP contribution >= 0.6 is 0 Å². The van der Waals surface area contributed by atoms with Gasteiger partial charge in [0.05, 0.1) is 12.0 Å². The second-order valence-corrected chi connectivity index (χ2v) is 8.54. The minimum Gasteiger partial charge on any atom is -0.478 e. The van der Waals surface area contributed by atoms with Crippen LogP contribution in [-0.4, -0.2) is 40.6 Å². The van der Waals surface area contributed by atoms with Crippen molar-refractivity contribution in [1.29, 1.82) is 0 Å². The summed E-state index contributed by atoms with van der Waals surface area (Å²) in [6.45, 7) is 3.94. The number of carbonyl (C=O) groups excluding carboxylic acids is 1. The lowest BCUT2D eigenvalue weighted by molar-refractivity contribution is -0.152. The normalized spacial score (nSPS) is 17.2. The minimum atomic E-state index is -4.45. The highest BCUT2D eigenvalue weighted by molar-refractivity contribution is 5.79. The molecule has 0 spiro atoms. The molecule has 2 aromatic carbocycles. The van der Waals surface area contributed by atoms with E-state index in [0.29, 0.717) is 24.4 Å². The largest absolute Gasteiger partial charge is 0.478 e. The highest BCUT2D eigenvalue weighted by atomic mass is 19.4. The third-order valence-electron chi connectivity index (χ3n) is 5.60. The summed E-state index contributed by atoms with van der Waals surface area (Å²) in [6.07, 6.45) is -2.92. The maximum absolute atomic E-state index is 12.9. The number of carboxylic acid groups (broad SMARTS) is 1. The van der Waals surface area contributed by atoms with Crippen molar-refractivity contribution in [3.8, 4) is 5.75 Å². The summed E-state index contributed by atoms with van der Waals surface area (Å²) < 4.78 is 44.4.